The average Bonchev–Trinajstić information content (AvgIpc) is 2.92. The van der Waals surface area contributed by atoms with Gasteiger partial charge in [0.15, 0.2) is 0 Å². The van der Waals surface area contributed by atoms with Gasteiger partial charge in [-0.05, 0) is 61.4 Å². The largest absolute Gasteiger partial charge is 0.333 e. The molecule has 2 N–H and O–H groups in total. The zero-order valence-electron chi connectivity index (χ0n) is 14.2. The van der Waals surface area contributed by atoms with E-state index in [4.69, 9.17) is 11.6 Å². The smallest absolute Gasteiger partial charge is 0.319 e. The quantitative estimate of drug-likeness (QED) is 0.875. The molecule has 130 valence electrons. The van der Waals surface area contributed by atoms with E-state index in [-0.39, 0.29) is 18.0 Å². The van der Waals surface area contributed by atoms with E-state index < -0.39 is 0 Å². The first-order chi connectivity index (χ1) is 11.9. The Balaban J connectivity index is 1.61. The van der Waals surface area contributed by atoms with Crippen LogP contribution in [0.4, 0.5) is 16.2 Å². The minimum atomic E-state index is -0.331. The van der Waals surface area contributed by atoms with Crippen molar-refractivity contribution in [3.63, 3.8) is 0 Å². The predicted octanol–water partition coefficient (Wildman–Crippen LogP) is 3.88. The molecule has 3 rings (SSSR count). The van der Waals surface area contributed by atoms with Gasteiger partial charge in [-0.1, -0.05) is 17.7 Å². The number of urea groups is 1. The molecule has 1 aliphatic heterocycles. The fourth-order valence-electron chi connectivity index (χ4n) is 2.83. The van der Waals surface area contributed by atoms with Gasteiger partial charge in [0, 0.05) is 29.4 Å². The van der Waals surface area contributed by atoms with Crippen LogP contribution in [-0.2, 0) is 4.79 Å². The SMILES string of the molecule is Cc1ccc(N2CC(NC(=O)Nc3ccc(Cl)cc3)CC2=O)cc1C. The molecule has 0 saturated carbocycles. The number of amides is 3. The first kappa shape index (κ1) is 17.3. The molecule has 1 atom stereocenters. The topological polar surface area (TPSA) is 61.4 Å². The van der Waals surface area contributed by atoms with Gasteiger partial charge in [0.05, 0.1) is 6.04 Å². The Morgan fingerprint density at radius 3 is 2.52 bits per heavy atom. The molecule has 1 aliphatic rings. The molecule has 2 aromatic carbocycles. The van der Waals surface area contributed by atoms with E-state index >= 15 is 0 Å². The molecule has 2 aromatic rings. The van der Waals surface area contributed by atoms with Crippen LogP contribution in [-0.4, -0.2) is 24.5 Å². The molecule has 0 bridgehead atoms. The van der Waals surface area contributed by atoms with Crippen molar-refractivity contribution in [2.75, 3.05) is 16.8 Å². The number of benzene rings is 2. The van der Waals surface area contributed by atoms with Crippen molar-refractivity contribution in [1.29, 1.82) is 0 Å². The third kappa shape index (κ3) is 4.12. The van der Waals surface area contributed by atoms with E-state index in [0.717, 1.165) is 11.3 Å². The van der Waals surface area contributed by atoms with Gasteiger partial charge in [0.25, 0.3) is 0 Å². The van der Waals surface area contributed by atoms with Gasteiger partial charge in [-0.15, -0.1) is 0 Å². The number of hydrogen-bond donors (Lipinski definition) is 2. The summed E-state index contributed by atoms with van der Waals surface area (Å²) in [5.74, 6) is 0.0139. The summed E-state index contributed by atoms with van der Waals surface area (Å²) in [6, 6.07) is 12.3. The predicted molar refractivity (Wildman–Crippen MR) is 100 cm³/mol. The first-order valence-corrected chi connectivity index (χ1v) is 8.51. The summed E-state index contributed by atoms with van der Waals surface area (Å²) in [6.07, 6.45) is 0.293. The van der Waals surface area contributed by atoms with Crippen molar-refractivity contribution >= 4 is 34.9 Å². The second-order valence-corrected chi connectivity index (χ2v) is 6.72. The number of nitrogens with zero attached hydrogens (tertiary/aromatic N) is 1. The lowest BCUT2D eigenvalue weighted by Crippen LogP contribution is -2.39. The third-order valence-electron chi connectivity index (χ3n) is 4.36. The molecule has 1 heterocycles. The fourth-order valence-corrected chi connectivity index (χ4v) is 2.96. The number of nitrogens with one attached hydrogen (secondary N) is 2. The minimum absolute atomic E-state index is 0.0139. The second-order valence-electron chi connectivity index (χ2n) is 6.28. The Morgan fingerprint density at radius 2 is 1.84 bits per heavy atom. The molecule has 0 aromatic heterocycles. The van der Waals surface area contributed by atoms with Gasteiger partial charge in [0.2, 0.25) is 5.91 Å². The highest BCUT2D eigenvalue weighted by Crippen LogP contribution is 2.24. The maximum absolute atomic E-state index is 12.3. The van der Waals surface area contributed by atoms with Gasteiger partial charge in [0.1, 0.15) is 0 Å². The molecule has 25 heavy (non-hydrogen) atoms. The lowest BCUT2D eigenvalue weighted by Gasteiger charge is -2.18. The molecule has 0 radical (unpaired) electrons. The van der Waals surface area contributed by atoms with Gasteiger partial charge in [-0.3, -0.25) is 4.79 Å². The molecule has 0 aliphatic carbocycles. The summed E-state index contributed by atoms with van der Waals surface area (Å²) in [5, 5.41) is 6.20. The van der Waals surface area contributed by atoms with Crippen LogP contribution in [0.25, 0.3) is 0 Å². The summed E-state index contributed by atoms with van der Waals surface area (Å²) >= 11 is 5.83. The Kier molecular flexibility index (Phi) is 4.95. The van der Waals surface area contributed by atoms with Crippen LogP contribution < -0.4 is 15.5 Å². The fraction of sp³-hybridized carbons (Fsp3) is 0.263. The van der Waals surface area contributed by atoms with Crippen LogP contribution >= 0.6 is 11.6 Å². The summed E-state index contributed by atoms with van der Waals surface area (Å²) in [5.41, 5.74) is 3.85. The van der Waals surface area contributed by atoms with Crippen LogP contribution in [0.1, 0.15) is 17.5 Å². The number of carbonyl (C=O) groups is 2. The van der Waals surface area contributed by atoms with Crippen molar-refractivity contribution in [2.45, 2.75) is 26.3 Å². The average molecular weight is 358 g/mol. The molecular formula is C19H20ClN3O2. The zero-order chi connectivity index (χ0) is 18.0. The number of rotatable bonds is 3. The third-order valence-corrected chi connectivity index (χ3v) is 4.62. The van der Waals surface area contributed by atoms with Crippen molar-refractivity contribution in [3.8, 4) is 0 Å². The minimum Gasteiger partial charge on any atom is -0.333 e. The van der Waals surface area contributed by atoms with Crippen LogP contribution in [0.15, 0.2) is 42.5 Å². The molecular weight excluding hydrogens is 338 g/mol. The van der Waals surface area contributed by atoms with Crippen LogP contribution in [0.5, 0.6) is 0 Å². The molecule has 1 unspecified atom stereocenters. The zero-order valence-corrected chi connectivity index (χ0v) is 14.9. The van der Waals surface area contributed by atoms with Crippen LogP contribution in [0, 0.1) is 13.8 Å². The molecule has 3 amide bonds. The number of anilines is 2. The van der Waals surface area contributed by atoms with Gasteiger partial charge in [-0.2, -0.15) is 0 Å². The summed E-state index contributed by atoms with van der Waals surface area (Å²) in [4.78, 5) is 26.1. The van der Waals surface area contributed by atoms with E-state index in [1.807, 2.05) is 32.0 Å². The molecule has 6 heteroatoms. The van der Waals surface area contributed by atoms with Crippen LogP contribution in [0.3, 0.4) is 0 Å². The molecule has 1 saturated heterocycles. The van der Waals surface area contributed by atoms with Crippen molar-refractivity contribution < 1.29 is 9.59 Å². The normalized spacial score (nSPS) is 16.8. The van der Waals surface area contributed by atoms with E-state index in [1.54, 1.807) is 29.2 Å². The standard InChI is InChI=1S/C19H20ClN3O2/c1-12-3-8-17(9-13(12)2)23-11-16(10-18(23)24)22-19(25)21-15-6-4-14(20)5-7-15/h3-9,16H,10-11H2,1-2H3,(H2,21,22,25). The Hall–Kier alpha value is -2.53. The van der Waals surface area contributed by atoms with Gasteiger partial charge in [-0.25, -0.2) is 4.79 Å². The van der Waals surface area contributed by atoms with E-state index in [2.05, 4.69) is 10.6 Å². The summed E-state index contributed by atoms with van der Waals surface area (Å²) in [7, 11) is 0. The van der Waals surface area contributed by atoms with Crippen LogP contribution in [0.2, 0.25) is 5.02 Å². The van der Waals surface area contributed by atoms with Crippen molar-refractivity contribution in [3.05, 3.63) is 58.6 Å². The summed E-state index contributed by atoms with van der Waals surface area (Å²) in [6.45, 7) is 4.53. The van der Waals surface area contributed by atoms with E-state index in [0.29, 0.717) is 23.7 Å². The number of halogens is 1. The first-order valence-electron chi connectivity index (χ1n) is 8.13. The highest BCUT2D eigenvalue weighted by Gasteiger charge is 2.31. The summed E-state index contributed by atoms with van der Waals surface area (Å²) < 4.78 is 0. The monoisotopic (exact) mass is 357 g/mol. The Labute approximate surface area is 152 Å². The van der Waals surface area contributed by atoms with Crippen molar-refractivity contribution in [1.82, 2.24) is 5.32 Å². The highest BCUT2D eigenvalue weighted by molar-refractivity contribution is 6.30. The van der Waals surface area contributed by atoms with Crippen molar-refractivity contribution in [2.24, 2.45) is 0 Å². The lowest BCUT2D eigenvalue weighted by atomic mass is 10.1. The maximum Gasteiger partial charge on any atom is 0.319 e. The van der Waals surface area contributed by atoms with E-state index in [9.17, 15) is 9.59 Å². The van der Waals surface area contributed by atoms with Gasteiger partial charge >= 0.3 is 6.03 Å². The number of aryl methyl sites for hydroxylation is 2. The Morgan fingerprint density at radius 1 is 1.12 bits per heavy atom. The second kappa shape index (κ2) is 7.15. The maximum atomic E-state index is 12.3. The van der Waals surface area contributed by atoms with E-state index in [1.165, 1.54) is 5.56 Å². The molecule has 5 nitrogen and oxygen atoms in total. The highest BCUT2D eigenvalue weighted by atomic mass is 35.5. The van der Waals surface area contributed by atoms with Gasteiger partial charge < -0.3 is 15.5 Å². The number of carbonyl (C=O) groups excluding carboxylic acids is 2. The Bertz CT molecular complexity index is 805. The molecule has 0 spiro atoms. The number of hydrogen-bond acceptors (Lipinski definition) is 2. The molecule has 1 fully saturated rings. The lowest BCUT2D eigenvalue weighted by molar-refractivity contribution is -0.117.